The van der Waals surface area contributed by atoms with Crippen molar-refractivity contribution in [3.8, 4) is 0 Å². The van der Waals surface area contributed by atoms with E-state index in [9.17, 15) is 0 Å². The minimum Gasteiger partial charge on any atom is -0.306 e. The summed E-state index contributed by atoms with van der Waals surface area (Å²) in [7, 11) is 3.94. The van der Waals surface area contributed by atoms with Gasteiger partial charge >= 0.3 is 0 Å². The van der Waals surface area contributed by atoms with Gasteiger partial charge in [0, 0.05) is 37.1 Å². The largest absolute Gasteiger partial charge is 0.306 e. The summed E-state index contributed by atoms with van der Waals surface area (Å²) in [5, 5.41) is 12.4. The van der Waals surface area contributed by atoms with Crippen LogP contribution in [0.4, 0.5) is 0 Å². The third kappa shape index (κ3) is 2.71. The van der Waals surface area contributed by atoms with E-state index in [1.807, 2.05) is 29.7 Å². The van der Waals surface area contributed by atoms with Crippen molar-refractivity contribution in [3.63, 3.8) is 0 Å². The minimum atomic E-state index is 0.169. The summed E-state index contributed by atoms with van der Waals surface area (Å²) in [5.74, 6) is 0. The highest BCUT2D eigenvalue weighted by atomic mass is 15.3. The average Bonchev–Trinajstić information content (AvgIpc) is 2.88. The Kier molecular flexibility index (Phi) is 4.04. The quantitative estimate of drug-likeness (QED) is 0.893. The molecule has 0 saturated heterocycles. The van der Waals surface area contributed by atoms with Gasteiger partial charge < -0.3 is 5.32 Å². The molecule has 2 rings (SSSR count). The van der Waals surface area contributed by atoms with Crippen LogP contribution < -0.4 is 5.32 Å². The second-order valence-electron chi connectivity index (χ2n) is 5.04. The molecule has 0 amide bonds. The Labute approximate surface area is 114 Å². The molecule has 2 aromatic heterocycles. The van der Waals surface area contributed by atoms with Gasteiger partial charge in [-0.25, -0.2) is 0 Å². The molecule has 2 aromatic rings. The monoisotopic (exact) mass is 261 g/mol. The fraction of sp³-hybridized carbons (Fsp3) is 0.571. The summed E-state index contributed by atoms with van der Waals surface area (Å²) < 4.78 is 3.79. The Morgan fingerprint density at radius 1 is 1.32 bits per heavy atom. The van der Waals surface area contributed by atoms with Crippen molar-refractivity contribution in [2.75, 3.05) is 6.54 Å². The SMILES string of the molecule is CCCNC(c1cnn(C)c1)c1c(C)nn(C)c1C. The van der Waals surface area contributed by atoms with Crippen molar-refractivity contribution < 1.29 is 0 Å². The molecule has 1 atom stereocenters. The van der Waals surface area contributed by atoms with Crippen LogP contribution in [0.3, 0.4) is 0 Å². The molecule has 1 N–H and O–H groups in total. The van der Waals surface area contributed by atoms with Crippen LogP contribution in [0, 0.1) is 13.8 Å². The molecule has 0 spiro atoms. The van der Waals surface area contributed by atoms with E-state index in [4.69, 9.17) is 0 Å². The van der Waals surface area contributed by atoms with E-state index < -0.39 is 0 Å². The molecule has 0 radical (unpaired) electrons. The zero-order valence-electron chi connectivity index (χ0n) is 12.4. The van der Waals surface area contributed by atoms with E-state index in [0.29, 0.717) is 0 Å². The van der Waals surface area contributed by atoms with E-state index in [-0.39, 0.29) is 6.04 Å². The number of nitrogens with zero attached hydrogens (tertiary/aromatic N) is 4. The van der Waals surface area contributed by atoms with Gasteiger partial charge in [0.2, 0.25) is 0 Å². The summed E-state index contributed by atoms with van der Waals surface area (Å²) in [6.45, 7) is 7.34. The molecular formula is C14H23N5. The van der Waals surface area contributed by atoms with E-state index in [1.54, 1.807) is 0 Å². The Morgan fingerprint density at radius 3 is 2.53 bits per heavy atom. The van der Waals surface area contributed by atoms with Gasteiger partial charge in [0.15, 0.2) is 0 Å². The highest BCUT2D eigenvalue weighted by Gasteiger charge is 2.22. The summed E-state index contributed by atoms with van der Waals surface area (Å²) in [6.07, 6.45) is 5.10. The predicted molar refractivity (Wildman–Crippen MR) is 76.0 cm³/mol. The van der Waals surface area contributed by atoms with E-state index >= 15 is 0 Å². The van der Waals surface area contributed by atoms with E-state index in [1.165, 1.54) is 16.8 Å². The molecule has 0 aromatic carbocycles. The van der Waals surface area contributed by atoms with Crippen molar-refractivity contribution >= 4 is 0 Å². The Balaban J connectivity index is 2.42. The molecule has 104 valence electrons. The van der Waals surface area contributed by atoms with E-state index in [0.717, 1.165) is 18.7 Å². The Hall–Kier alpha value is -1.62. The van der Waals surface area contributed by atoms with Crippen molar-refractivity contribution in [2.45, 2.75) is 33.2 Å². The van der Waals surface area contributed by atoms with Gasteiger partial charge in [0.25, 0.3) is 0 Å². The first-order valence-electron chi connectivity index (χ1n) is 6.76. The van der Waals surface area contributed by atoms with Gasteiger partial charge in [-0.1, -0.05) is 6.92 Å². The zero-order chi connectivity index (χ0) is 14.0. The number of aromatic nitrogens is 4. The molecule has 0 saturated carbocycles. The highest BCUT2D eigenvalue weighted by Crippen LogP contribution is 2.27. The van der Waals surface area contributed by atoms with Crippen molar-refractivity contribution in [1.29, 1.82) is 0 Å². The maximum absolute atomic E-state index is 4.52. The molecule has 0 aliphatic carbocycles. The molecule has 0 aliphatic heterocycles. The van der Waals surface area contributed by atoms with Crippen LogP contribution in [0.5, 0.6) is 0 Å². The highest BCUT2D eigenvalue weighted by molar-refractivity contribution is 5.35. The molecule has 5 heteroatoms. The fourth-order valence-electron chi connectivity index (χ4n) is 2.47. The third-order valence-corrected chi connectivity index (χ3v) is 3.51. The van der Waals surface area contributed by atoms with Gasteiger partial charge in [-0.05, 0) is 26.8 Å². The van der Waals surface area contributed by atoms with Crippen molar-refractivity contribution in [1.82, 2.24) is 24.9 Å². The molecule has 0 aliphatic rings. The molecule has 5 nitrogen and oxygen atoms in total. The number of hydrogen-bond acceptors (Lipinski definition) is 3. The first-order valence-corrected chi connectivity index (χ1v) is 6.76. The summed E-state index contributed by atoms with van der Waals surface area (Å²) in [6, 6.07) is 0.169. The minimum absolute atomic E-state index is 0.169. The average molecular weight is 261 g/mol. The second-order valence-corrected chi connectivity index (χ2v) is 5.04. The van der Waals surface area contributed by atoms with E-state index in [2.05, 4.69) is 42.5 Å². The van der Waals surface area contributed by atoms with Gasteiger partial charge in [-0.15, -0.1) is 0 Å². The first-order chi connectivity index (χ1) is 9.04. The predicted octanol–water partition coefficient (Wildman–Crippen LogP) is 1.86. The molecular weight excluding hydrogens is 238 g/mol. The zero-order valence-corrected chi connectivity index (χ0v) is 12.4. The molecule has 19 heavy (non-hydrogen) atoms. The lowest BCUT2D eigenvalue weighted by Crippen LogP contribution is -2.24. The fourth-order valence-corrected chi connectivity index (χ4v) is 2.47. The third-order valence-electron chi connectivity index (χ3n) is 3.51. The lowest BCUT2D eigenvalue weighted by atomic mass is 9.99. The van der Waals surface area contributed by atoms with Gasteiger partial charge in [0.1, 0.15) is 0 Å². The molecule has 0 bridgehead atoms. The smallest absolute Gasteiger partial charge is 0.0647 e. The van der Waals surface area contributed by atoms with Crippen LogP contribution in [0.1, 0.15) is 41.9 Å². The molecule has 1 unspecified atom stereocenters. The van der Waals surface area contributed by atoms with Crippen LogP contribution >= 0.6 is 0 Å². The lowest BCUT2D eigenvalue weighted by Gasteiger charge is -2.18. The molecule has 0 fully saturated rings. The summed E-state index contributed by atoms with van der Waals surface area (Å²) >= 11 is 0. The van der Waals surface area contributed by atoms with Crippen LogP contribution in [0.25, 0.3) is 0 Å². The topological polar surface area (TPSA) is 47.7 Å². The van der Waals surface area contributed by atoms with Crippen molar-refractivity contribution in [2.24, 2.45) is 14.1 Å². The van der Waals surface area contributed by atoms with Gasteiger partial charge in [-0.2, -0.15) is 10.2 Å². The number of nitrogens with one attached hydrogen (secondary N) is 1. The molecule has 2 heterocycles. The van der Waals surface area contributed by atoms with Gasteiger partial charge in [-0.3, -0.25) is 9.36 Å². The first kappa shape index (κ1) is 13.8. The van der Waals surface area contributed by atoms with Crippen LogP contribution in [-0.2, 0) is 14.1 Å². The Bertz CT molecular complexity index is 552. The maximum atomic E-state index is 4.52. The summed E-state index contributed by atoms with van der Waals surface area (Å²) in [5.41, 5.74) is 4.74. The normalized spacial score (nSPS) is 12.9. The van der Waals surface area contributed by atoms with Crippen molar-refractivity contribution in [3.05, 3.63) is 34.9 Å². The van der Waals surface area contributed by atoms with Crippen LogP contribution in [-0.4, -0.2) is 26.1 Å². The lowest BCUT2D eigenvalue weighted by molar-refractivity contribution is 0.592. The van der Waals surface area contributed by atoms with Crippen LogP contribution in [0.2, 0.25) is 0 Å². The Morgan fingerprint density at radius 2 is 2.05 bits per heavy atom. The number of hydrogen-bond donors (Lipinski definition) is 1. The summed E-state index contributed by atoms with van der Waals surface area (Å²) in [4.78, 5) is 0. The standard InChI is InChI=1S/C14H23N5/c1-6-7-15-14(12-8-16-18(4)9-12)13-10(2)17-19(5)11(13)3/h8-9,14-15H,6-7H2,1-5H3. The number of rotatable bonds is 5. The van der Waals surface area contributed by atoms with Gasteiger partial charge in [0.05, 0.1) is 17.9 Å². The maximum Gasteiger partial charge on any atom is 0.0647 e. The second kappa shape index (κ2) is 5.57. The van der Waals surface area contributed by atoms with Crippen LogP contribution in [0.15, 0.2) is 12.4 Å². The number of aryl methyl sites for hydroxylation is 3.